The van der Waals surface area contributed by atoms with E-state index in [0.29, 0.717) is 0 Å². The third-order valence-corrected chi connectivity index (χ3v) is 6.62. The molecule has 0 bridgehead atoms. The maximum absolute atomic E-state index is 15.2. The Balaban J connectivity index is 2.33. The van der Waals surface area contributed by atoms with E-state index in [9.17, 15) is 22.0 Å². The molecule has 7 nitrogen and oxygen atoms in total. The van der Waals surface area contributed by atoms with Crippen LogP contribution in [-0.4, -0.2) is 52.4 Å². The summed E-state index contributed by atoms with van der Waals surface area (Å²) in [6, 6.07) is 0. The summed E-state index contributed by atoms with van der Waals surface area (Å²) in [4.78, 5) is 11.1. The highest BCUT2D eigenvalue weighted by atomic mass is 32.2. The van der Waals surface area contributed by atoms with Crippen LogP contribution >= 0.6 is 0 Å². The minimum absolute atomic E-state index is 0.0101. The highest BCUT2D eigenvalue weighted by molar-refractivity contribution is 7.92. The van der Waals surface area contributed by atoms with Crippen LogP contribution in [0.1, 0.15) is 31.9 Å². The SMILES string of the molecule is Cn1cc(S(=O)(=O)C(C)(F)C2CCN(C(=O)O)CC2)c(C(F)F)n1. The van der Waals surface area contributed by atoms with Crippen molar-refractivity contribution in [3.05, 3.63) is 11.9 Å². The summed E-state index contributed by atoms with van der Waals surface area (Å²) in [5.74, 6) is -0.996. The highest BCUT2D eigenvalue weighted by Crippen LogP contribution is 2.41. The lowest BCUT2D eigenvalue weighted by atomic mass is 9.92. The Morgan fingerprint density at radius 1 is 1.42 bits per heavy atom. The van der Waals surface area contributed by atoms with Gasteiger partial charge >= 0.3 is 6.09 Å². The van der Waals surface area contributed by atoms with Crippen LogP contribution in [0.2, 0.25) is 0 Å². The van der Waals surface area contributed by atoms with Gasteiger partial charge in [0.05, 0.1) is 0 Å². The van der Waals surface area contributed by atoms with Gasteiger partial charge in [-0.3, -0.25) is 4.68 Å². The first kappa shape index (κ1) is 18.6. The van der Waals surface area contributed by atoms with Crippen molar-refractivity contribution in [3.8, 4) is 0 Å². The lowest BCUT2D eigenvalue weighted by molar-refractivity contribution is 0.0910. The van der Waals surface area contributed by atoms with Crippen molar-refractivity contribution < 1.29 is 31.5 Å². The molecular formula is C13H18F3N3O4S. The van der Waals surface area contributed by atoms with Crippen LogP contribution in [0, 0.1) is 5.92 Å². The Bertz CT molecular complexity index is 725. The van der Waals surface area contributed by atoms with Gasteiger partial charge in [0.1, 0.15) is 10.6 Å². The van der Waals surface area contributed by atoms with E-state index in [2.05, 4.69) is 5.10 Å². The first-order valence-corrected chi connectivity index (χ1v) is 8.70. The molecule has 2 heterocycles. The van der Waals surface area contributed by atoms with Gasteiger partial charge in [-0.15, -0.1) is 0 Å². The second-order valence-electron chi connectivity index (χ2n) is 5.89. The number of carbonyl (C=O) groups is 1. The number of hydrogen-bond donors (Lipinski definition) is 1. The maximum atomic E-state index is 15.2. The van der Waals surface area contributed by atoms with Gasteiger partial charge in [0.2, 0.25) is 14.8 Å². The molecule has 1 fully saturated rings. The zero-order chi connectivity index (χ0) is 18.3. The highest BCUT2D eigenvalue weighted by Gasteiger charge is 2.50. The van der Waals surface area contributed by atoms with Crippen molar-refractivity contribution >= 4 is 15.9 Å². The predicted molar refractivity (Wildman–Crippen MR) is 77.2 cm³/mol. The number of carboxylic acid groups (broad SMARTS) is 1. The number of aryl methyl sites for hydroxylation is 1. The molecule has 1 aromatic heterocycles. The van der Waals surface area contributed by atoms with Gasteiger partial charge in [-0.1, -0.05) is 0 Å². The molecule has 1 N–H and O–H groups in total. The topological polar surface area (TPSA) is 92.5 Å². The Labute approximate surface area is 137 Å². The van der Waals surface area contributed by atoms with Crippen molar-refractivity contribution in [1.82, 2.24) is 14.7 Å². The number of piperidine rings is 1. The van der Waals surface area contributed by atoms with E-state index in [4.69, 9.17) is 5.11 Å². The van der Waals surface area contributed by atoms with E-state index in [1.165, 1.54) is 7.05 Å². The smallest absolute Gasteiger partial charge is 0.407 e. The Morgan fingerprint density at radius 3 is 2.42 bits per heavy atom. The number of nitrogens with zero attached hydrogens (tertiary/aromatic N) is 3. The molecule has 0 radical (unpaired) electrons. The lowest BCUT2D eigenvalue weighted by Gasteiger charge is -2.36. The Kier molecular flexibility index (Phi) is 4.84. The summed E-state index contributed by atoms with van der Waals surface area (Å²) in [7, 11) is -3.46. The normalized spacial score (nSPS) is 19.5. The fourth-order valence-electron chi connectivity index (χ4n) is 2.86. The van der Waals surface area contributed by atoms with Crippen LogP contribution in [-0.2, 0) is 16.9 Å². The quantitative estimate of drug-likeness (QED) is 0.878. The van der Waals surface area contributed by atoms with E-state index in [0.717, 1.165) is 22.7 Å². The molecule has 1 aromatic rings. The molecular weight excluding hydrogens is 351 g/mol. The predicted octanol–water partition coefficient (Wildman–Crippen LogP) is 2.21. The van der Waals surface area contributed by atoms with Crippen LogP contribution in [0.4, 0.5) is 18.0 Å². The second kappa shape index (κ2) is 6.26. The van der Waals surface area contributed by atoms with Crippen LogP contribution < -0.4 is 0 Å². The van der Waals surface area contributed by atoms with Crippen molar-refractivity contribution in [2.24, 2.45) is 13.0 Å². The molecule has 136 valence electrons. The molecule has 2 rings (SSSR count). The van der Waals surface area contributed by atoms with E-state index in [1.807, 2.05) is 0 Å². The molecule has 1 aliphatic rings. The van der Waals surface area contributed by atoms with Crippen LogP contribution in [0.5, 0.6) is 0 Å². The van der Waals surface area contributed by atoms with Gasteiger partial charge < -0.3 is 10.0 Å². The third kappa shape index (κ3) is 3.08. The summed E-state index contributed by atoms with van der Waals surface area (Å²) < 4.78 is 67.3. The molecule has 0 aliphatic carbocycles. The molecule has 0 spiro atoms. The van der Waals surface area contributed by atoms with Gasteiger partial charge in [-0.05, 0) is 19.8 Å². The van der Waals surface area contributed by atoms with Gasteiger partial charge in [-0.25, -0.2) is 26.4 Å². The van der Waals surface area contributed by atoms with Crippen molar-refractivity contribution in [3.63, 3.8) is 0 Å². The van der Waals surface area contributed by atoms with E-state index < -0.39 is 43.9 Å². The fourth-order valence-corrected chi connectivity index (χ4v) is 4.66. The number of alkyl halides is 3. The largest absolute Gasteiger partial charge is 0.465 e. The van der Waals surface area contributed by atoms with Crippen LogP contribution in [0.15, 0.2) is 11.1 Å². The lowest BCUT2D eigenvalue weighted by Crippen LogP contribution is -2.46. The summed E-state index contributed by atoms with van der Waals surface area (Å²) in [6.45, 7) is 0.819. The minimum atomic E-state index is -4.73. The summed E-state index contributed by atoms with van der Waals surface area (Å²) in [5, 5.41) is 9.49. The molecule has 11 heteroatoms. The van der Waals surface area contributed by atoms with Crippen molar-refractivity contribution in [2.75, 3.05) is 13.1 Å². The minimum Gasteiger partial charge on any atom is -0.465 e. The zero-order valence-corrected chi connectivity index (χ0v) is 13.9. The molecule has 1 saturated heterocycles. The number of aromatic nitrogens is 2. The van der Waals surface area contributed by atoms with Gasteiger partial charge in [0.25, 0.3) is 6.43 Å². The number of sulfone groups is 1. The molecule has 1 unspecified atom stereocenters. The summed E-state index contributed by atoms with van der Waals surface area (Å²) in [6.07, 6.45) is -3.48. The number of likely N-dealkylation sites (tertiary alicyclic amines) is 1. The first-order valence-electron chi connectivity index (χ1n) is 7.21. The van der Waals surface area contributed by atoms with Crippen molar-refractivity contribution in [2.45, 2.75) is 36.1 Å². The molecule has 0 saturated carbocycles. The van der Waals surface area contributed by atoms with Crippen molar-refractivity contribution in [1.29, 1.82) is 0 Å². The number of hydrogen-bond acceptors (Lipinski definition) is 4. The van der Waals surface area contributed by atoms with Gasteiger partial charge in [-0.2, -0.15) is 5.10 Å². The summed E-state index contributed by atoms with van der Waals surface area (Å²) >= 11 is 0. The molecule has 0 aromatic carbocycles. The van der Waals surface area contributed by atoms with E-state index in [1.54, 1.807) is 0 Å². The molecule has 1 amide bonds. The number of halogens is 3. The zero-order valence-electron chi connectivity index (χ0n) is 13.1. The maximum Gasteiger partial charge on any atom is 0.407 e. The Hall–Kier alpha value is -1.78. The van der Waals surface area contributed by atoms with E-state index >= 15 is 4.39 Å². The summed E-state index contributed by atoms with van der Waals surface area (Å²) in [5.41, 5.74) is -0.982. The number of amides is 1. The molecule has 1 aliphatic heterocycles. The molecule has 24 heavy (non-hydrogen) atoms. The first-order chi connectivity index (χ1) is 11.0. The number of rotatable bonds is 4. The second-order valence-corrected chi connectivity index (χ2v) is 8.13. The third-order valence-electron chi connectivity index (χ3n) is 4.34. The average Bonchev–Trinajstić information content (AvgIpc) is 2.90. The van der Waals surface area contributed by atoms with Crippen LogP contribution in [0.3, 0.4) is 0 Å². The monoisotopic (exact) mass is 369 g/mol. The van der Waals surface area contributed by atoms with Gasteiger partial charge in [0, 0.05) is 32.3 Å². The van der Waals surface area contributed by atoms with Gasteiger partial charge in [0.15, 0.2) is 0 Å². The van der Waals surface area contributed by atoms with E-state index in [-0.39, 0.29) is 25.9 Å². The standard InChI is InChI=1S/C13H18F3N3O4S/c1-13(16,8-3-5-19(6-4-8)12(20)21)24(22,23)9-7-18(2)17-10(9)11(14)15/h7-8,11H,3-6H2,1-2H3,(H,20,21). The Morgan fingerprint density at radius 2 is 1.96 bits per heavy atom. The molecule has 1 atom stereocenters. The average molecular weight is 369 g/mol. The van der Waals surface area contributed by atoms with Crippen LogP contribution in [0.25, 0.3) is 0 Å². The fraction of sp³-hybridized carbons (Fsp3) is 0.692.